The van der Waals surface area contributed by atoms with Gasteiger partial charge in [0.15, 0.2) is 0 Å². The monoisotopic (exact) mass is 356 g/mol. The van der Waals surface area contributed by atoms with Crippen LogP contribution in [0.2, 0.25) is 0 Å². The summed E-state index contributed by atoms with van der Waals surface area (Å²) in [6.07, 6.45) is 6.00. The summed E-state index contributed by atoms with van der Waals surface area (Å²) in [5, 5.41) is 9.86. The van der Waals surface area contributed by atoms with Crippen LogP contribution in [0.1, 0.15) is 35.6 Å². The van der Waals surface area contributed by atoms with Crippen LogP contribution in [0, 0.1) is 18.3 Å². The lowest BCUT2D eigenvalue weighted by Crippen LogP contribution is -2.40. The van der Waals surface area contributed by atoms with Gasteiger partial charge in [-0.25, -0.2) is 9.97 Å². The molecule has 6 heterocycles. The topological polar surface area (TPSA) is 83.8 Å². The fraction of sp³-hybridized carbons (Fsp3) is 0.286. The minimum atomic E-state index is 0.324. The van der Waals surface area contributed by atoms with Crippen LogP contribution < -0.4 is 10.6 Å². The fourth-order valence-electron chi connectivity index (χ4n) is 4.39. The number of hydrogen-bond donors (Lipinski definition) is 1. The van der Waals surface area contributed by atoms with E-state index in [9.17, 15) is 5.26 Å². The number of rotatable bonds is 2. The molecule has 0 saturated carbocycles. The van der Waals surface area contributed by atoms with Gasteiger partial charge in [-0.1, -0.05) is 0 Å². The van der Waals surface area contributed by atoms with Gasteiger partial charge in [0.1, 0.15) is 23.3 Å². The summed E-state index contributed by atoms with van der Waals surface area (Å²) in [5.41, 5.74) is 11.8. The summed E-state index contributed by atoms with van der Waals surface area (Å²) in [6.45, 7) is 4.06. The van der Waals surface area contributed by atoms with Crippen molar-refractivity contribution in [3.05, 3.63) is 53.5 Å². The van der Waals surface area contributed by atoms with Gasteiger partial charge >= 0.3 is 0 Å². The lowest BCUT2D eigenvalue weighted by molar-refractivity contribution is 0.465. The van der Waals surface area contributed by atoms with Crippen molar-refractivity contribution in [3.8, 4) is 23.1 Å². The Morgan fingerprint density at radius 3 is 2.81 bits per heavy atom. The first kappa shape index (κ1) is 15.9. The Kier molecular flexibility index (Phi) is 3.44. The minimum Gasteiger partial charge on any atom is -0.383 e. The molecule has 6 rings (SSSR count). The van der Waals surface area contributed by atoms with Crippen LogP contribution in [0.3, 0.4) is 0 Å². The van der Waals surface area contributed by atoms with Gasteiger partial charge in [-0.3, -0.25) is 0 Å². The Bertz CT molecular complexity index is 1080. The van der Waals surface area contributed by atoms with Crippen LogP contribution in [-0.2, 0) is 0 Å². The quantitative estimate of drug-likeness (QED) is 0.761. The number of nitrogen functional groups attached to an aromatic ring is 1. The molecule has 0 radical (unpaired) electrons. The van der Waals surface area contributed by atoms with Crippen molar-refractivity contribution in [3.63, 3.8) is 0 Å². The molecule has 6 heteroatoms. The zero-order valence-corrected chi connectivity index (χ0v) is 15.2. The number of aromatic nitrogens is 3. The SMILES string of the molecule is Cc1ccnc(-n2cccc2-c2c(C#N)c(N)nc3c2N2CCC3CC2)c1. The number of hydrogen-bond acceptors (Lipinski definition) is 5. The molecule has 134 valence electrons. The molecule has 0 spiro atoms. The molecule has 3 aromatic heterocycles. The molecule has 0 amide bonds. The van der Waals surface area contributed by atoms with E-state index in [1.54, 1.807) is 0 Å². The van der Waals surface area contributed by atoms with Crippen molar-refractivity contribution in [1.29, 1.82) is 5.26 Å². The Balaban J connectivity index is 1.81. The predicted octanol–water partition coefficient (Wildman–Crippen LogP) is 3.39. The van der Waals surface area contributed by atoms with E-state index < -0.39 is 0 Å². The molecule has 2 N–H and O–H groups in total. The average molecular weight is 356 g/mol. The first-order valence-electron chi connectivity index (χ1n) is 9.26. The third-order valence-corrected chi connectivity index (χ3v) is 5.69. The Morgan fingerprint density at radius 1 is 1.26 bits per heavy atom. The second kappa shape index (κ2) is 5.85. The Hall–Kier alpha value is -3.33. The van der Waals surface area contributed by atoms with Crippen molar-refractivity contribution in [2.45, 2.75) is 25.7 Å². The number of piperidine rings is 1. The first-order valence-corrected chi connectivity index (χ1v) is 9.26. The number of nitrogens with zero attached hydrogens (tertiary/aromatic N) is 5. The van der Waals surface area contributed by atoms with Crippen molar-refractivity contribution in [2.75, 3.05) is 23.7 Å². The van der Waals surface area contributed by atoms with Crippen LogP contribution in [-0.4, -0.2) is 27.6 Å². The van der Waals surface area contributed by atoms with Gasteiger partial charge in [0.2, 0.25) is 0 Å². The molecule has 27 heavy (non-hydrogen) atoms. The molecule has 3 aliphatic heterocycles. The minimum absolute atomic E-state index is 0.324. The van der Waals surface area contributed by atoms with E-state index >= 15 is 0 Å². The van der Waals surface area contributed by atoms with Crippen LogP contribution in [0.25, 0.3) is 17.1 Å². The fourth-order valence-corrected chi connectivity index (χ4v) is 4.39. The van der Waals surface area contributed by atoms with Crippen molar-refractivity contribution >= 4 is 11.5 Å². The van der Waals surface area contributed by atoms with Crippen molar-refractivity contribution in [1.82, 2.24) is 14.5 Å². The highest BCUT2D eigenvalue weighted by Crippen LogP contribution is 2.48. The number of nitrogens with two attached hydrogens (primary N) is 1. The second-order valence-corrected chi connectivity index (χ2v) is 7.31. The van der Waals surface area contributed by atoms with E-state index in [4.69, 9.17) is 5.73 Å². The van der Waals surface area contributed by atoms with Gasteiger partial charge in [0, 0.05) is 37.0 Å². The predicted molar refractivity (Wildman–Crippen MR) is 105 cm³/mol. The third kappa shape index (κ3) is 2.32. The van der Waals surface area contributed by atoms with E-state index in [2.05, 4.69) is 20.9 Å². The average Bonchev–Trinajstić information content (AvgIpc) is 3.17. The molecule has 1 saturated heterocycles. The Morgan fingerprint density at radius 2 is 2.07 bits per heavy atom. The molecule has 0 unspecified atom stereocenters. The van der Waals surface area contributed by atoms with Crippen LogP contribution in [0.4, 0.5) is 11.5 Å². The number of aryl methyl sites for hydroxylation is 1. The van der Waals surface area contributed by atoms with E-state index in [0.717, 1.165) is 60.0 Å². The summed E-state index contributed by atoms with van der Waals surface area (Å²) < 4.78 is 2.03. The smallest absolute Gasteiger partial charge is 0.142 e. The second-order valence-electron chi connectivity index (χ2n) is 7.31. The molecular formula is C21H20N6. The zero-order chi connectivity index (χ0) is 18.5. The highest BCUT2D eigenvalue weighted by molar-refractivity contribution is 5.88. The van der Waals surface area contributed by atoms with Gasteiger partial charge in [-0.2, -0.15) is 5.26 Å². The van der Waals surface area contributed by atoms with Crippen molar-refractivity contribution in [2.24, 2.45) is 0 Å². The largest absolute Gasteiger partial charge is 0.383 e. The molecule has 6 nitrogen and oxygen atoms in total. The standard InChI is InChI=1S/C21H20N6/c1-13-4-7-24-17(11-13)27-8-2-3-16(27)18-15(12-22)21(23)25-19-14-5-9-26(10-6-14)20(18)19/h2-4,7-8,11,14H,5-6,9-10H2,1H3,(H2,23,25). The zero-order valence-electron chi connectivity index (χ0n) is 15.2. The highest BCUT2D eigenvalue weighted by Gasteiger charge is 2.36. The maximum atomic E-state index is 9.86. The molecule has 3 aliphatic rings. The van der Waals surface area contributed by atoms with E-state index in [1.807, 2.05) is 48.1 Å². The van der Waals surface area contributed by atoms with Crippen LogP contribution >= 0.6 is 0 Å². The van der Waals surface area contributed by atoms with E-state index in [0.29, 0.717) is 17.3 Å². The third-order valence-electron chi connectivity index (χ3n) is 5.69. The molecule has 0 aromatic carbocycles. The highest BCUT2D eigenvalue weighted by atomic mass is 15.2. The van der Waals surface area contributed by atoms with Crippen LogP contribution in [0.15, 0.2) is 36.7 Å². The number of anilines is 2. The molecule has 0 aliphatic carbocycles. The number of nitriles is 1. The van der Waals surface area contributed by atoms with Gasteiger partial charge in [-0.05, 0) is 49.6 Å². The summed E-state index contributed by atoms with van der Waals surface area (Å²) in [5.74, 6) is 1.59. The maximum absolute atomic E-state index is 9.86. The lowest BCUT2D eigenvalue weighted by Gasteiger charge is -2.42. The molecule has 2 bridgehead atoms. The number of pyridine rings is 2. The van der Waals surface area contributed by atoms with Gasteiger partial charge in [-0.15, -0.1) is 0 Å². The van der Waals surface area contributed by atoms with Gasteiger partial charge in [0.05, 0.1) is 17.1 Å². The summed E-state index contributed by atoms with van der Waals surface area (Å²) in [7, 11) is 0. The summed E-state index contributed by atoms with van der Waals surface area (Å²) in [6, 6.07) is 10.3. The number of fused-ring (bicyclic) bond motifs is 2. The molecule has 1 fully saturated rings. The van der Waals surface area contributed by atoms with Crippen molar-refractivity contribution < 1.29 is 0 Å². The van der Waals surface area contributed by atoms with Crippen LogP contribution in [0.5, 0.6) is 0 Å². The molecule has 0 atom stereocenters. The van der Waals surface area contributed by atoms with Gasteiger partial charge in [0.25, 0.3) is 0 Å². The molecular weight excluding hydrogens is 336 g/mol. The van der Waals surface area contributed by atoms with E-state index in [-0.39, 0.29) is 0 Å². The van der Waals surface area contributed by atoms with E-state index in [1.165, 1.54) is 0 Å². The lowest BCUT2D eigenvalue weighted by atomic mass is 9.83. The maximum Gasteiger partial charge on any atom is 0.142 e. The molecule has 3 aromatic rings. The Labute approximate surface area is 157 Å². The van der Waals surface area contributed by atoms with Gasteiger partial charge < -0.3 is 15.2 Å². The summed E-state index contributed by atoms with van der Waals surface area (Å²) >= 11 is 0. The normalized spacial score (nSPS) is 15.6. The first-order chi connectivity index (χ1) is 13.2. The summed E-state index contributed by atoms with van der Waals surface area (Å²) in [4.78, 5) is 11.5.